The third-order valence-electron chi connectivity index (χ3n) is 3.29. The number of methoxy groups -OCH3 is 1. The third kappa shape index (κ3) is 4.27. The molecule has 0 spiro atoms. The fraction of sp³-hybridized carbons (Fsp3) is 0.467. The van der Waals surface area contributed by atoms with E-state index in [-0.39, 0.29) is 18.9 Å². The number of hydrogen-bond donors (Lipinski definition) is 2. The van der Waals surface area contributed by atoms with Gasteiger partial charge in [-0.2, -0.15) is 0 Å². The number of nitrogens with one attached hydrogen (secondary N) is 1. The molecule has 1 atom stereocenters. The summed E-state index contributed by atoms with van der Waals surface area (Å²) in [6.45, 7) is 2.28. The summed E-state index contributed by atoms with van der Waals surface area (Å²) in [6.07, 6.45) is 0.577. The smallest absolute Gasteiger partial charge is 0.226 e. The van der Waals surface area contributed by atoms with Crippen LogP contribution in [0.5, 0.6) is 0 Å². The van der Waals surface area contributed by atoms with E-state index in [1.54, 1.807) is 20.1 Å². The number of benzene rings is 1. The summed E-state index contributed by atoms with van der Waals surface area (Å²) in [5, 5.41) is 17.5. The number of para-hydroxylation sites is 1. The molecule has 1 heterocycles. The number of rotatable bonds is 7. The Labute approximate surface area is 123 Å². The Bertz CT molecular complexity index is 606. The van der Waals surface area contributed by atoms with Gasteiger partial charge in [0.2, 0.25) is 5.91 Å². The van der Waals surface area contributed by atoms with Gasteiger partial charge in [-0.05, 0) is 19.1 Å². The van der Waals surface area contributed by atoms with Crippen LogP contribution in [0, 0.1) is 0 Å². The van der Waals surface area contributed by atoms with Gasteiger partial charge in [0, 0.05) is 32.1 Å². The second-order valence-electron chi connectivity index (χ2n) is 5.32. The zero-order valence-electron chi connectivity index (χ0n) is 12.3. The van der Waals surface area contributed by atoms with Crippen LogP contribution in [0.3, 0.4) is 0 Å². The Morgan fingerprint density at radius 1 is 1.48 bits per heavy atom. The van der Waals surface area contributed by atoms with E-state index in [2.05, 4.69) is 10.5 Å². The Morgan fingerprint density at radius 2 is 2.24 bits per heavy atom. The van der Waals surface area contributed by atoms with Crippen LogP contribution >= 0.6 is 0 Å². The monoisotopic (exact) mass is 292 g/mol. The van der Waals surface area contributed by atoms with Crippen LogP contribution in [0.15, 0.2) is 28.8 Å². The zero-order chi connectivity index (χ0) is 15.3. The molecule has 1 unspecified atom stereocenters. The lowest BCUT2D eigenvalue weighted by Crippen LogP contribution is -2.41. The minimum absolute atomic E-state index is 0.122. The van der Waals surface area contributed by atoms with Gasteiger partial charge in [0.05, 0.1) is 12.0 Å². The van der Waals surface area contributed by atoms with Crippen LogP contribution in [-0.4, -0.2) is 42.0 Å². The predicted octanol–water partition coefficient (Wildman–Crippen LogP) is 1.27. The van der Waals surface area contributed by atoms with Gasteiger partial charge in [0.25, 0.3) is 0 Å². The number of ether oxygens (including phenoxy) is 1. The second kappa shape index (κ2) is 6.69. The molecule has 114 valence electrons. The van der Waals surface area contributed by atoms with E-state index in [1.807, 2.05) is 18.2 Å². The maximum absolute atomic E-state index is 11.9. The average molecular weight is 292 g/mol. The molecule has 0 saturated carbocycles. The lowest BCUT2D eigenvalue weighted by atomic mass is 10.0. The van der Waals surface area contributed by atoms with Gasteiger partial charge in [0.15, 0.2) is 5.58 Å². The van der Waals surface area contributed by atoms with E-state index >= 15 is 0 Å². The van der Waals surface area contributed by atoms with Crippen molar-refractivity contribution in [3.63, 3.8) is 0 Å². The lowest BCUT2D eigenvalue weighted by molar-refractivity contribution is -0.121. The molecule has 2 N–H and O–H groups in total. The Kier molecular flexibility index (Phi) is 4.93. The first-order valence-corrected chi connectivity index (χ1v) is 6.83. The maximum atomic E-state index is 11.9. The molecule has 0 bridgehead atoms. The number of carbonyl (C=O) groups excluding carboxylic acids is 1. The quantitative estimate of drug-likeness (QED) is 0.803. The van der Waals surface area contributed by atoms with E-state index in [9.17, 15) is 9.90 Å². The van der Waals surface area contributed by atoms with Crippen molar-refractivity contribution in [2.45, 2.75) is 25.4 Å². The first-order valence-electron chi connectivity index (χ1n) is 6.83. The van der Waals surface area contributed by atoms with Gasteiger partial charge in [-0.15, -0.1) is 0 Å². The van der Waals surface area contributed by atoms with Crippen LogP contribution in [0.1, 0.15) is 19.0 Å². The molecular weight excluding hydrogens is 272 g/mol. The van der Waals surface area contributed by atoms with Crippen LogP contribution in [0.2, 0.25) is 0 Å². The van der Waals surface area contributed by atoms with E-state index < -0.39 is 5.60 Å². The highest BCUT2D eigenvalue weighted by Crippen LogP contribution is 2.18. The number of aliphatic hydroxyl groups is 1. The third-order valence-corrected chi connectivity index (χ3v) is 3.29. The zero-order valence-corrected chi connectivity index (χ0v) is 12.3. The summed E-state index contributed by atoms with van der Waals surface area (Å²) in [6, 6.07) is 7.39. The van der Waals surface area contributed by atoms with Gasteiger partial charge >= 0.3 is 0 Å². The highest BCUT2D eigenvalue weighted by molar-refractivity contribution is 5.86. The minimum atomic E-state index is -0.989. The molecule has 0 aliphatic carbocycles. The van der Waals surface area contributed by atoms with Crippen molar-refractivity contribution < 1.29 is 19.2 Å². The molecule has 2 aromatic rings. The van der Waals surface area contributed by atoms with Gasteiger partial charge in [-0.1, -0.05) is 17.3 Å². The summed E-state index contributed by atoms with van der Waals surface area (Å²) in [4.78, 5) is 11.9. The molecule has 21 heavy (non-hydrogen) atoms. The number of nitrogens with zero attached hydrogens (tertiary/aromatic N) is 1. The first kappa shape index (κ1) is 15.5. The predicted molar refractivity (Wildman–Crippen MR) is 77.8 cm³/mol. The van der Waals surface area contributed by atoms with Crippen molar-refractivity contribution in [2.75, 3.05) is 20.3 Å². The Hall–Kier alpha value is -1.92. The molecule has 1 amide bonds. The second-order valence-corrected chi connectivity index (χ2v) is 5.32. The molecule has 1 aromatic heterocycles. The van der Waals surface area contributed by atoms with Crippen molar-refractivity contribution in [1.29, 1.82) is 0 Å². The fourth-order valence-electron chi connectivity index (χ4n) is 1.98. The molecule has 6 nitrogen and oxygen atoms in total. The van der Waals surface area contributed by atoms with Crippen molar-refractivity contribution in [1.82, 2.24) is 10.5 Å². The molecular formula is C15H20N2O4. The minimum Gasteiger partial charge on any atom is -0.388 e. The SMILES string of the molecule is COCCC(C)(O)CNC(=O)Cc1noc2ccccc12. The number of carbonyl (C=O) groups is 1. The van der Waals surface area contributed by atoms with Crippen molar-refractivity contribution in [3.05, 3.63) is 30.0 Å². The highest BCUT2D eigenvalue weighted by Gasteiger charge is 2.21. The maximum Gasteiger partial charge on any atom is 0.226 e. The largest absolute Gasteiger partial charge is 0.388 e. The standard InChI is InChI=1S/C15H20N2O4/c1-15(19,7-8-20-2)10-16-14(18)9-12-11-5-3-4-6-13(11)21-17-12/h3-6,19H,7-10H2,1-2H3,(H,16,18). The average Bonchev–Trinajstić information content (AvgIpc) is 2.87. The molecule has 0 aliphatic heterocycles. The number of fused-ring (bicyclic) bond motifs is 1. The van der Waals surface area contributed by atoms with Crippen LogP contribution in [-0.2, 0) is 16.0 Å². The summed E-state index contributed by atoms with van der Waals surface area (Å²) >= 11 is 0. The highest BCUT2D eigenvalue weighted by atomic mass is 16.5. The molecule has 0 fully saturated rings. The summed E-state index contributed by atoms with van der Waals surface area (Å²) in [5.74, 6) is -0.202. The number of amides is 1. The van der Waals surface area contributed by atoms with Crippen LogP contribution in [0.25, 0.3) is 11.0 Å². The van der Waals surface area contributed by atoms with Crippen molar-refractivity contribution in [2.24, 2.45) is 0 Å². The Balaban J connectivity index is 1.90. The van der Waals surface area contributed by atoms with E-state index in [4.69, 9.17) is 9.26 Å². The van der Waals surface area contributed by atoms with Crippen LogP contribution < -0.4 is 5.32 Å². The molecule has 6 heteroatoms. The topological polar surface area (TPSA) is 84.6 Å². The summed E-state index contributed by atoms with van der Waals surface area (Å²) < 4.78 is 10.1. The summed E-state index contributed by atoms with van der Waals surface area (Å²) in [5.41, 5.74) is 0.268. The van der Waals surface area contributed by atoms with Crippen molar-refractivity contribution >= 4 is 16.9 Å². The lowest BCUT2D eigenvalue weighted by Gasteiger charge is -2.23. The Morgan fingerprint density at radius 3 is 3.00 bits per heavy atom. The first-order chi connectivity index (χ1) is 10.0. The molecule has 1 aromatic carbocycles. The molecule has 0 saturated heterocycles. The van der Waals surface area contributed by atoms with Gasteiger partial charge in [-0.25, -0.2) is 0 Å². The molecule has 2 rings (SSSR count). The van der Waals surface area contributed by atoms with E-state index in [0.717, 1.165) is 5.39 Å². The summed E-state index contributed by atoms with van der Waals surface area (Å²) in [7, 11) is 1.57. The normalized spacial score (nSPS) is 14.0. The van der Waals surface area contributed by atoms with E-state index in [1.165, 1.54) is 0 Å². The number of aromatic nitrogens is 1. The van der Waals surface area contributed by atoms with Crippen molar-refractivity contribution in [3.8, 4) is 0 Å². The van der Waals surface area contributed by atoms with Gasteiger partial charge in [-0.3, -0.25) is 4.79 Å². The van der Waals surface area contributed by atoms with E-state index in [0.29, 0.717) is 24.3 Å². The van der Waals surface area contributed by atoms with Gasteiger partial charge < -0.3 is 19.7 Å². The molecule has 0 radical (unpaired) electrons. The molecule has 0 aliphatic rings. The fourth-order valence-corrected chi connectivity index (χ4v) is 1.98. The van der Waals surface area contributed by atoms with Crippen LogP contribution in [0.4, 0.5) is 0 Å². The number of hydrogen-bond acceptors (Lipinski definition) is 5. The van der Waals surface area contributed by atoms with Gasteiger partial charge in [0.1, 0.15) is 5.69 Å².